The lowest BCUT2D eigenvalue weighted by Gasteiger charge is -2.11. The molecule has 0 spiro atoms. The largest absolute Gasteiger partial charge is 0.477 e. The number of anilines is 1. The molecule has 1 heterocycles. The number of carboxylic acids is 1. The number of fused-ring (bicyclic) bond motifs is 1. The van der Waals surface area contributed by atoms with Gasteiger partial charge in [0.05, 0.1) is 5.69 Å². The fraction of sp³-hybridized carbons (Fsp3) is 0.0714. The Labute approximate surface area is 118 Å². The number of benzene rings is 2. The zero-order valence-electron chi connectivity index (χ0n) is 10.6. The van der Waals surface area contributed by atoms with Gasteiger partial charge >= 0.3 is 5.97 Å². The first kappa shape index (κ1) is 13.0. The maximum atomic E-state index is 13.4. The van der Waals surface area contributed by atoms with Crippen LogP contribution in [0.5, 0.6) is 23.0 Å². The Kier molecular flexibility index (Phi) is 3.02. The number of rotatable bonds is 3. The molecule has 108 valence electrons. The van der Waals surface area contributed by atoms with E-state index < -0.39 is 23.0 Å². The van der Waals surface area contributed by atoms with Gasteiger partial charge in [0, 0.05) is 6.07 Å². The lowest BCUT2D eigenvalue weighted by molar-refractivity contribution is 0.0695. The highest BCUT2D eigenvalue weighted by atomic mass is 19.1. The van der Waals surface area contributed by atoms with Gasteiger partial charge in [0.15, 0.2) is 11.5 Å². The van der Waals surface area contributed by atoms with Crippen molar-refractivity contribution in [1.82, 2.24) is 0 Å². The molecule has 0 fully saturated rings. The second-order valence-electron chi connectivity index (χ2n) is 4.26. The van der Waals surface area contributed by atoms with Gasteiger partial charge in [-0.15, -0.1) is 0 Å². The lowest BCUT2D eigenvalue weighted by Crippen LogP contribution is -2.07. The van der Waals surface area contributed by atoms with Crippen molar-refractivity contribution in [3.05, 3.63) is 41.7 Å². The van der Waals surface area contributed by atoms with Gasteiger partial charge in [-0.3, -0.25) is 0 Å². The highest BCUT2D eigenvalue weighted by molar-refractivity contribution is 5.97. The maximum Gasteiger partial charge on any atom is 0.341 e. The van der Waals surface area contributed by atoms with Crippen molar-refractivity contribution < 1.29 is 28.5 Å². The maximum absolute atomic E-state index is 13.4. The molecule has 0 saturated heterocycles. The first-order chi connectivity index (χ1) is 10.1. The van der Waals surface area contributed by atoms with Gasteiger partial charge < -0.3 is 25.1 Å². The van der Waals surface area contributed by atoms with Gasteiger partial charge in [0.1, 0.15) is 22.9 Å². The standard InChI is InChI=1S/C14H10FNO5/c15-8-2-4-10(12(13(8)16)14(17)18)21-7-1-3-9-11(5-7)20-6-19-9/h1-5H,6,16H2,(H,17,18). The summed E-state index contributed by atoms with van der Waals surface area (Å²) >= 11 is 0. The van der Waals surface area contributed by atoms with Crippen LogP contribution in [-0.4, -0.2) is 17.9 Å². The van der Waals surface area contributed by atoms with Crippen molar-refractivity contribution in [3.8, 4) is 23.0 Å². The zero-order valence-corrected chi connectivity index (χ0v) is 10.6. The average molecular weight is 291 g/mol. The summed E-state index contributed by atoms with van der Waals surface area (Å²) < 4.78 is 29.2. The Morgan fingerprint density at radius 2 is 2.00 bits per heavy atom. The fourth-order valence-corrected chi connectivity index (χ4v) is 1.95. The van der Waals surface area contributed by atoms with Crippen molar-refractivity contribution in [2.24, 2.45) is 0 Å². The molecule has 7 heteroatoms. The lowest BCUT2D eigenvalue weighted by atomic mass is 10.1. The van der Waals surface area contributed by atoms with Crippen molar-refractivity contribution in [3.63, 3.8) is 0 Å². The molecule has 6 nitrogen and oxygen atoms in total. The summed E-state index contributed by atoms with van der Waals surface area (Å²) in [4.78, 5) is 11.2. The Balaban J connectivity index is 1.98. The number of carboxylic acid groups (broad SMARTS) is 1. The van der Waals surface area contributed by atoms with Gasteiger partial charge in [-0.1, -0.05) is 0 Å². The predicted octanol–water partition coefficient (Wildman–Crippen LogP) is 2.63. The third-order valence-corrected chi connectivity index (χ3v) is 2.94. The Hall–Kier alpha value is -2.96. The molecular formula is C14H10FNO5. The molecule has 0 bridgehead atoms. The molecule has 2 aromatic rings. The third kappa shape index (κ3) is 2.29. The van der Waals surface area contributed by atoms with Crippen molar-refractivity contribution >= 4 is 11.7 Å². The van der Waals surface area contributed by atoms with Crippen LogP contribution in [0.15, 0.2) is 30.3 Å². The third-order valence-electron chi connectivity index (χ3n) is 2.94. The van der Waals surface area contributed by atoms with Crippen LogP contribution in [0.3, 0.4) is 0 Å². The van der Waals surface area contributed by atoms with Crippen LogP contribution in [0.25, 0.3) is 0 Å². The molecule has 3 N–H and O–H groups in total. The summed E-state index contributed by atoms with van der Waals surface area (Å²) in [6, 6.07) is 7.01. The van der Waals surface area contributed by atoms with Crippen LogP contribution >= 0.6 is 0 Å². The normalized spacial score (nSPS) is 12.2. The minimum atomic E-state index is -1.37. The molecule has 3 rings (SSSR count). The van der Waals surface area contributed by atoms with E-state index in [0.717, 1.165) is 6.07 Å². The van der Waals surface area contributed by atoms with Crippen molar-refractivity contribution in [1.29, 1.82) is 0 Å². The first-order valence-electron chi connectivity index (χ1n) is 5.95. The Morgan fingerprint density at radius 3 is 2.76 bits per heavy atom. The zero-order chi connectivity index (χ0) is 15.0. The van der Waals surface area contributed by atoms with E-state index in [1.807, 2.05) is 0 Å². The Morgan fingerprint density at radius 1 is 1.24 bits per heavy atom. The number of nitrogen functional groups attached to an aromatic ring is 1. The monoisotopic (exact) mass is 291 g/mol. The molecular weight excluding hydrogens is 281 g/mol. The van der Waals surface area contributed by atoms with E-state index >= 15 is 0 Å². The second kappa shape index (κ2) is 4.86. The van der Waals surface area contributed by atoms with Gasteiger partial charge in [-0.05, 0) is 24.3 Å². The molecule has 2 aromatic carbocycles. The molecule has 1 aliphatic heterocycles. The summed E-state index contributed by atoms with van der Waals surface area (Å²) in [5, 5.41) is 9.13. The summed E-state index contributed by atoms with van der Waals surface area (Å²) in [6.07, 6.45) is 0. The van der Waals surface area contributed by atoms with Gasteiger partial charge in [0.25, 0.3) is 0 Å². The topological polar surface area (TPSA) is 91.0 Å². The van der Waals surface area contributed by atoms with E-state index in [1.54, 1.807) is 18.2 Å². The summed E-state index contributed by atoms with van der Waals surface area (Å²) in [5.41, 5.74) is 4.55. The smallest absolute Gasteiger partial charge is 0.341 e. The van der Waals surface area contributed by atoms with E-state index in [1.165, 1.54) is 6.07 Å². The van der Waals surface area contributed by atoms with Crippen LogP contribution in [0, 0.1) is 5.82 Å². The molecule has 0 radical (unpaired) electrons. The number of hydrogen-bond acceptors (Lipinski definition) is 5. The van der Waals surface area contributed by atoms with E-state index in [4.69, 9.17) is 25.1 Å². The van der Waals surface area contributed by atoms with Gasteiger partial charge in [-0.25, -0.2) is 9.18 Å². The molecule has 0 unspecified atom stereocenters. The summed E-state index contributed by atoms with van der Waals surface area (Å²) in [7, 11) is 0. The number of carbonyl (C=O) groups is 1. The van der Waals surface area contributed by atoms with E-state index in [9.17, 15) is 9.18 Å². The summed E-state index contributed by atoms with van der Waals surface area (Å²) in [6.45, 7) is 0.114. The molecule has 0 aliphatic carbocycles. The number of halogens is 1. The highest BCUT2D eigenvalue weighted by Gasteiger charge is 2.20. The molecule has 21 heavy (non-hydrogen) atoms. The van der Waals surface area contributed by atoms with Gasteiger partial charge in [-0.2, -0.15) is 0 Å². The second-order valence-corrected chi connectivity index (χ2v) is 4.26. The van der Waals surface area contributed by atoms with Crippen LogP contribution < -0.4 is 19.9 Å². The van der Waals surface area contributed by atoms with Crippen molar-refractivity contribution in [2.75, 3.05) is 12.5 Å². The van der Waals surface area contributed by atoms with Crippen molar-refractivity contribution in [2.45, 2.75) is 0 Å². The van der Waals surface area contributed by atoms with E-state index in [0.29, 0.717) is 17.2 Å². The number of nitrogens with two attached hydrogens (primary N) is 1. The van der Waals surface area contributed by atoms with Crippen LogP contribution in [-0.2, 0) is 0 Å². The van der Waals surface area contributed by atoms with E-state index in [2.05, 4.69) is 0 Å². The SMILES string of the molecule is Nc1c(F)ccc(Oc2ccc3c(c2)OCO3)c1C(=O)O. The molecule has 0 saturated carbocycles. The van der Waals surface area contributed by atoms with Gasteiger partial charge in [0.2, 0.25) is 6.79 Å². The highest BCUT2D eigenvalue weighted by Crippen LogP contribution is 2.38. The molecule has 1 aliphatic rings. The number of ether oxygens (including phenoxy) is 3. The first-order valence-corrected chi connectivity index (χ1v) is 5.95. The van der Waals surface area contributed by atoms with E-state index in [-0.39, 0.29) is 12.5 Å². The molecule has 0 atom stereocenters. The van der Waals surface area contributed by atoms with Crippen LogP contribution in [0.4, 0.5) is 10.1 Å². The average Bonchev–Trinajstić information content (AvgIpc) is 2.90. The Bertz CT molecular complexity index is 732. The summed E-state index contributed by atoms with van der Waals surface area (Å²) in [5.74, 6) is -0.861. The predicted molar refractivity (Wildman–Crippen MR) is 70.4 cm³/mol. The quantitative estimate of drug-likeness (QED) is 0.845. The van der Waals surface area contributed by atoms with Crippen LogP contribution in [0.2, 0.25) is 0 Å². The minimum Gasteiger partial charge on any atom is -0.477 e. The fourth-order valence-electron chi connectivity index (χ4n) is 1.95. The minimum absolute atomic E-state index is 0.0553. The number of hydrogen-bond donors (Lipinski definition) is 2. The molecule has 0 amide bonds. The molecule has 0 aromatic heterocycles. The van der Waals surface area contributed by atoms with Crippen LogP contribution in [0.1, 0.15) is 10.4 Å². The number of aromatic carboxylic acids is 1.